The molecule has 2 nitrogen and oxygen atoms in total. The number of allylic oxidation sites excluding steroid dienone is 2. The van der Waals surface area contributed by atoms with Crippen molar-refractivity contribution in [1.82, 2.24) is 4.98 Å². The number of halogens is 2. The fourth-order valence-corrected chi connectivity index (χ4v) is 1.99. The van der Waals surface area contributed by atoms with Gasteiger partial charge in [0.1, 0.15) is 11.6 Å². The number of aryl methyl sites for hydroxylation is 1. The molecule has 0 aliphatic carbocycles. The zero-order chi connectivity index (χ0) is 14.7. The Hall–Kier alpha value is -2.10. The lowest BCUT2D eigenvalue weighted by Crippen LogP contribution is -2.05. The minimum atomic E-state index is -0.343. The smallest absolute Gasteiger partial charge is 0.125 e. The molecular weight excluding hydrogens is 258 g/mol. The standard InChI is InChI=1S/C16H16F2N2/c1-4-12(17)8-15(19-3)16-10(2)7-11-5-6-13(18)9-14(11)20-16/h5-9H,4H2,1-3H3/b12-8+,19-15?. The number of benzene rings is 1. The van der Waals surface area contributed by atoms with Gasteiger partial charge in [0.2, 0.25) is 0 Å². The molecule has 0 bridgehead atoms. The van der Waals surface area contributed by atoms with Crippen LogP contribution in [0.5, 0.6) is 0 Å². The van der Waals surface area contributed by atoms with Crippen molar-refractivity contribution in [2.24, 2.45) is 4.99 Å². The second-order valence-corrected chi connectivity index (χ2v) is 4.54. The molecule has 0 N–H and O–H groups in total. The summed E-state index contributed by atoms with van der Waals surface area (Å²) in [7, 11) is 1.59. The van der Waals surface area contributed by atoms with E-state index in [1.807, 2.05) is 13.0 Å². The van der Waals surface area contributed by atoms with Gasteiger partial charge in [0.05, 0.1) is 16.9 Å². The third-order valence-corrected chi connectivity index (χ3v) is 3.08. The fourth-order valence-electron chi connectivity index (χ4n) is 1.99. The maximum absolute atomic E-state index is 13.5. The summed E-state index contributed by atoms with van der Waals surface area (Å²) in [4.78, 5) is 8.49. The van der Waals surface area contributed by atoms with Gasteiger partial charge in [-0.3, -0.25) is 4.99 Å². The minimum absolute atomic E-state index is 0.258. The molecule has 0 amide bonds. The van der Waals surface area contributed by atoms with E-state index >= 15 is 0 Å². The van der Waals surface area contributed by atoms with Crippen molar-refractivity contribution in [3.8, 4) is 0 Å². The number of hydrogen-bond donors (Lipinski definition) is 0. The molecule has 1 aromatic carbocycles. The summed E-state index contributed by atoms with van der Waals surface area (Å²) < 4.78 is 26.7. The van der Waals surface area contributed by atoms with Crippen LogP contribution in [0.1, 0.15) is 24.6 Å². The van der Waals surface area contributed by atoms with Crippen molar-refractivity contribution < 1.29 is 8.78 Å². The highest BCUT2D eigenvalue weighted by Gasteiger charge is 2.09. The quantitative estimate of drug-likeness (QED) is 0.763. The van der Waals surface area contributed by atoms with Gasteiger partial charge in [0.15, 0.2) is 0 Å². The fraction of sp³-hybridized carbons (Fsp3) is 0.250. The molecule has 4 heteroatoms. The van der Waals surface area contributed by atoms with Crippen LogP contribution in [0.2, 0.25) is 0 Å². The van der Waals surface area contributed by atoms with Gasteiger partial charge in [-0.05, 0) is 43.2 Å². The van der Waals surface area contributed by atoms with Crippen LogP contribution in [-0.2, 0) is 0 Å². The monoisotopic (exact) mass is 274 g/mol. The lowest BCUT2D eigenvalue weighted by Gasteiger charge is -2.07. The number of aromatic nitrogens is 1. The topological polar surface area (TPSA) is 25.2 Å². The van der Waals surface area contributed by atoms with E-state index < -0.39 is 0 Å². The Morgan fingerprint density at radius 2 is 2.10 bits per heavy atom. The zero-order valence-corrected chi connectivity index (χ0v) is 11.7. The molecule has 0 saturated carbocycles. The molecule has 2 aromatic rings. The van der Waals surface area contributed by atoms with E-state index in [-0.39, 0.29) is 11.6 Å². The van der Waals surface area contributed by atoms with Gasteiger partial charge < -0.3 is 0 Å². The van der Waals surface area contributed by atoms with Crippen LogP contribution in [0.4, 0.5) is 8.78 Å². The molecule has 1 heterocycles. The third kappa shape index (κ3) is 2.90. The lowest BCUT2D eigenvalue weighted by molar-refractivity contribution is 0.606. The van der Waals surface area contributed by atoms with Crippen LogP contribution < -0.4 is 0 Å². The average Bonchev–Trinajstić information content (AvgIpc) is 2.44. The molecule has 1 aromatic heterocycles. The number of fused-ring (bicyclic) bond motifs is 1. The van der Waals surface area contributed by atoms with E-state index in [9.17, 15) is 8.78 Å². The number of nitrogens with zero attached hydrogens (tertiary/aromatic N) is 2. The summed E-state index contributed by atoms with van der Waals surface area (Å²) in [5, 5.41) is 0.850. The Morgan fingerprint density at radius 1 is 1.35 bits per heavy atom. The van der Waals surface area contributed by atoms with Gasteiger partial charge in [-0.1, -0.05) is 6.92 Å². The zero-order valence-electron chi connectivity index (χ0n) is 11.7. The Balaban J connectivity index is 2.61. The molecule has 0 spiro atoms. The van der Waals surface area contributed by atoms with Gasteiger partial charge in [-0.2, -0.15) is 0 Å². The molecule has 104 valence electrons. The second kappa shape index (κ2) is 5.90. The molecule has 0 atom stereocenters. The van der Waals surface area contributed by atoms with Gasteiger partial charge in [0.25, 0.3) is 0 Å². The number of hydrogen-bond acceptors (Lipinski definition) is 2. The highest BCUT2D eigenvalue weighted by Crippen LogP contribution is 2.19. The number of pyridine rings is 1. The molecule has 0 aliphatic heterocycles. The van der Waals surface area contributed by atoms with E-state index in [1.54, 1.807) is 20.0 Å². The second-order valence-electron chi connectivity index (χ2n) is 4.54. The highest BCUT2D eigenvalue weighted by atomic mass is 19.1. The molecule has 0 saturated heterocycles. The first kappa shape index (κ1) is 14.3. The van der Waals surface area contributed by atoms with Gasteiger partial charge in [-0.25, -0.2) is 13.8 Å². The molecule has 0 aliphatic rings. The van der Waals surface area contributed by atoms with Crippen LogP contribution in [0.15, 0.2) is 41.2 Å². The van der Waals surface area contributed by atoms with Crippen molar-refractivity contribution >= 4 is 16.6 Å². The summed E-state index contributed by atoms with van der Waals surface area (Å²) in [5.41, 5.74) is 2.46. The van der Waals surface area contributed by atoms with Crippen molar-refractivity contribution in [2.75, 3.05) is 7.05 Å². The molecule has 0 unspecified atom stereocenters. The van der Waals surface area contributed by atoms with Gasteiger partial charge in [0, 0.05) is 18.5 Å². The number of aliphatic imine (C=N–C) groups is 1. The van der Waals surface area contributed by atoms with Gasteiger partial charge >= 0.3 is 0 Å². The predicted molar refractivity (Wildman–Crippen MR) is 78.4 cm³/mol. The molecule has 2 rings (SSSR count). The van der Waals surface area contributed by atoms with Crippen LogP contribution >= 0.6 is 0 Å². The first-order valence-corrected chi connectivity index (χ1v) is 6.45. The summed E-state index contributed by atoms with van der Waals surface area (Å²) in [6.07, 6.45) is 1.68. The van der Waals surface area contributed by atoms with Crippen LogP contribution in [-0.4, -0.2) is 17.7 Å². The molecule has 0 radical (unpaired) electrons. The van der Waals surface area contributed by atoms with E-state index in [1.165, 1.54) is 18.2 Å². The van der Waals surface area contributed by atoms with Crippen LogP contribution in [0, 0.1) is 12.7 Å². The summed E-state index contributed by atoms with van der Waals surface area (Å²) >= 11 is 0. The Morgan fingerprint density at radius 3 is 2.75 bits per heavy atom. The normalized spacial score (nSPS) is 13.1. The van der Waals surface area contributed by atoms with Crippen molar-refractivity contribution in [3.63, 3.8) is 0 Å². The Bertz CT molecular complexity index is 703. The maximum atomic E-state index is 13.5. The highest BCUT2D eigenvalue weighted by molar-refractivity contribution is 6.09. The third-order valence-electron chi connectivity index (χ3n) is 3.08. The largest absolute Gasteiger partial charge is 0.286 e. The Kier molecular flexibility index (Phi) is 4.23. The van der Waals surface area contributed by atoms with Gasteiger partial charge in [-0.15, -0.1) is 0 Å². The lowest BCUT2D eigenvalue weighted by atomic mass is 10.1. The minimum Gasteiger partial charge on any atom is -0.286 e. The summed E-state index contributed by atoms with van der Waals surface area (Å²) in [6, 6.07) is 6.35. The van der Waals surface area contributed by atoms with E-state index in [0.717, 1.165) is 10.9 Å². The summed E-state index contributed by atoms with van der Waals surface area (Å²) in [5.74, 6) is -0.601. The van der Waals surface area contributed by atoms with Crippen LogP contribution in [0.3, 0.4) is 0 Å². The van der Waals surface area contributed by atoms with E-state index in [0.29, 0.717) is 23.3 Å². The summed E-state index contributed by atoms with van der Waals surface area (Å²) in [6.45, 7) is 3.61. The SMILES string of the molecule is CC/C(F)=C\C(=NC)c1nc2cc(F)ccc2cc1C. The van der Waals surface area contributed by atoms with Crippen molar-refractivity contribution in [3.05, 3.63) is 53.2 Å². The maximum Gasteiger partial charge on any atom is 0.125 e. The van der Waals surface area contributed by atoms with E-state index in [2.05, 4.69) is 9.98 Å². The Labute approximate surface area is 116 Å². The first-order chi connectivity index (χ1) is 9.55. The molecular formula is C16H16F2N2. The average molecular weight is 274 g/mol. The van der Waals surface area contributed by atoms with Crippen LogP contribution in [0.25, 0.3) is 10.9 Å². The number of rotatable bonds is 3. The predicted octanol–water partition coefficient (Wildman–Crippen LogP) is 4.36. The first-order valence-electron chi connectivity index (χ1n) is 6.45. The van der Waals surface area contributed by atoms with Crippen molar-refractivity contribution in [1.29, 1.82) is 0 Å². The van der Waals surface area contributed by atoms with Crippen molar-refractivity contribution in [2.45, 2.75) is 20.3 Å². The van der Waals surface area contributed by atoms with E-state index in [4.69, 9.17) is 0 Å². The molecule has 20 heavy (non-hydrogen) atoms. The molecule has 0 fully saturated rings.